The zero-order valence-electron chi connectivity index (χ0n) is 21.3. The van der Waals surface area contributed by atoms with Gasteiger partial charge in [0.15, 0.2) is 0 Å². The van der Waals surface area contributed by atoms with Crippen LogP contribution in [0.3, 0.4) is 0 Å². The Morgan fingerprint density at radius 3 is 2.39 bits per heavy atom. The molecule has 8 heteroatoms. The standard InChI is InChI=1S/C30H29ClN4O2S/c1-3-20(2)32-25(36)18-34-26(37)19-38-29(23-16-10-11-17-24(23)31)27-28(21-12-6-4-7-13-21)33-35(30(27)34)22-14-8-5-9-15-22/h4-17,20,29H,3,18-19H2,1-2H3,(H,32,36). The molecular weight excluding hydrogens is 516 g/mol. The smallest absolute Gasteiger partial charge is 0.240 e. The molecule has 0 spiro atoms. The van der Waals surface area contributed by atoms with Gasteiger partial charge in [0.2, 0.25) is 11.8 Å². The lowest BCUT2D eigenvalue weighted by atomic mass is 9.99. The van der Waals surface area contributed by atoms with E-state index in [1.54, 1.807) is 9.58 Å². The number of rotatable bonds is 7. The predicted octanol–water partition coefficient (Wildman–Crippen LogP) is 6.28. The molecule has 2 amide bonds. The van der Waals surface area contributed by atoms with Gasteiger partial charge < -0.3 is 5.32 Å². The average Bonchev–Trinajstić information content (AvgIpc) is 3.27. The van der Waals surface area contributed by atoms with Crippen LogP contribution in [0.2, 0.25) is 5.02 Å². The third-order valence-electron chi connectivity index (χ3n) is 6.65. The normalized spacial score (nSPS) is 16.0. The minimum Gasteiger partial charge on any atom is -0.352 e. The maximum Gasteiger partial charge on any atom is 0.240 e. The van der Waals surface area contributed by atoms with E-state index in [9.17, 15) is 9.59 Å². The maximum absolute atomic E-state index is 13.7. The number of anilines is 1. The fraction of sp³-hybridized carbons (Fsp3) is 0.233. The highest BCUT2D eigenvalue weighted by molar-refractivity contribution is 8.00. The van der Waals surface area contributed by atoms with Crippen molar-refractivity contribution < 1.29 is 9.59 Å². The minimum absolute atomic E-state index is 0.00760. The highest BCUT2D eigenvalue weighted by Crippen LogP contribution is 2.49. The monoisotopic (exact) mass is 544 g/mol. The minimum atomic E-state index is -0.266. The van der Waals surface area contributed by atoms with Crippen LogP contribution in [0.5, 0.6) is 0 Å². The van der Waals surface area contributed by atoms with E-state index in [1.807, 2.05) is 98.8 Å². The molecule has 0 aliphatic carbocycles. The second kappa shape index (κ2) is 11.5. The molecule has 194 valence electrons. The lowest BCUT2D eigenvalue weighted by Gasteiger charge is -2.24. The topological polar surface area (TPSA) is 67.2 Å². The van der Waals surface area contributed by atoms with E-state index in [1.165, 1.54) is 11.8 Å². The molecular formula is C30H29ClN4O2S. The quantitative estimate of drug-likeness (QED) is 0.297. The van der Waals surface area contributed by atoms with Gasteiger partial charge in [-0.15, -0.1) is 11.8 Å². The van der Waals surface area contributed by atoms with E-state index < -0.39 is 0 Å². The molecule has 0 bridgehead atoms. The van der Waals surface area contributed by atoms with Crippen LogP contribution in [0.1, 0.15) is 36.6 Å². The maximum atomic E-state index is 13.7. The molecule has 1 aromatic heterocycles. The highest BCUT2D eigenvalue weighted by atomic mass is 35.5. The van der Waals surface area contributed by atoms with Crippen LogP contribution in [-0.2, 0) is 9.59 Å². The summed E-state index contributed by atoms with van der Waals surface area (Å²) in [6, 6.07) is 27.4. The Labute approximate surface area is 232 Å². The van der Waals surface area contributed by atoms with Crippen molar-refractivity contribution >= 4 is 41.0 Å². The van der Waals surface area contributed by atoms with Crippen LogP contribution in [0.15, 0.2) is 84.9 Å². The average molecular weight is 545 g/mol. The van der Waals surface area contributed by atoms with E-state index in [4.69, 9.17) is 16.7 Å². The van der Waals surface area contributed by atoms with E-state index in [0.717, 1.165) is 34.5 Å². The summed E-state index contributed by atoms with van der Waals surface area (Å²) in [5.41, 5.74) is 4.25. The highest BCUT2D eigenvalue weighted by Gasteiger charge is 2.38. The number of halogens is 1. The summed E-state index contributed by atoms with van der Waals surface area (Å²) in [4.78, 5) is 28.4. The SMILES string of the molecule is CCC(C)NC(=O)CN1C(=O)CSC(c2ccccc2Cl)c2c(-c3ccccc3)nn(-c3ccccc3)c21. The van der Waals surface area contributed by atoms with Crippen molar-refractivity contribution in [3.05, 3.63) is 101 Å². The second-order valence-corrected chi connectivity index (χ2v) is 10.8. The first kappa shape index (κ1) is 26.1. The molecule has 0 saturated heterocycles. The third kappa shape index (κ3) is 5.22. The molecule has 1 N–H and O–H groups in total. The van der Waals surface area contributed by atoms with Gasteiger partial charge in [-0.05, 0) is 37.1 Å². The zero-order chi connectivity index (χ0) is 26.6. The number of fused-ring (bicyclic) bond motifs is 1. The molecule has 5 rings (SSSR count). The number of hydrogen-bond acceptors (Lipinski definition) is 4. The van der Waals surface area contributed by atoms with Gasteiger partial charge in [-0.25, -0.2) is 4.68 Å². The summed E-state index contributed by atoms with van der Waals surface area (Å²) in [7, 11) is 0. The molecule has 38 heavy (non-hydrogen) atoms. The lowest BCUT2D eigenvalue weighted by Crippen LogP contribution is -2.44. The Kier molecular flexibility index (Phi) is 7.86. The van der Waals surface area contributed by atoms with Crippen LogP contribution < -0.4 is 10.2 Å². The van der Waals surface area contributed by atoms with Gasteiger partial charge in [0, 0.05) is 22.2 Å². The van der Waals surface area contributed by atoms with Crippen molar-refractivity contribution in [2.75, 3.05) is 17.2 Å². The van der Waals surface area contributed by atoms with Crippen LogP contribution in [0, 0.1) is 0 Å². The van der Waals surface area contributed by atoms with Crippen molar-refractivity contribution in [2.45, 2.75) is 31.6 Å². The number of carbonyl (C=O) groups is 2. The Hall–Kier alpha value is -3.55. The van der Waals surface area contributed by atoms with Crippen molar-refractivity contribution in [2.24, 2.45) is 0 Å². The molecule has 0 fully saturated rings. The van der Waals surface area contributed by atoms with E-state index in [2.05, 4.69) is 5.32 Å². The van der Waals surface area contributed by atoms with Gasteiger partial charge >= 0.3 is 0 Å². The summed E-state index contributed by atoms with van der Waals surface area (Å²) in [6.45, 7) is 3.87. The fourth-order valence-corrected chi connectivity index (χ4v) is 6.12. The van der Waals surface area contributed by atoms with E-state index >= 15 is 0 Å². The fourth-order valence-electron chi connectivity index (χ4n) is 4.58. The Morgan fingerprint density at radius 1 is 1.05 bits per heavy atom. The van der Waals surface area contributed by atoms with Gasteiger partial charge in [0.25, 0.3) is 0 Å². The number of thioether (sulfide) groups is 1. The molecule has 2 unspecified atom stereocenters. The van der Waals surface area contributed by atoms with Gasteiger partial charge in [-0.1, -0.05) is 85.3 Å². The van der Waals surface area contributed by atoms with Crippen LogP contribution in [0.25, 0.3) is 16.9 Å². The number of amides is 2. The van der Waals surface area contributed by atoms with Gasteiger partial charge in [0.1, 0.15) is 12.4 Å². The number of aromatic nitrogens is 2. The second-order valence-electron chi connectivity index (χ2n) is 9.27. The first-order valence-corrected chi connectivity index (χ1v) is 14.1. The summed E-state index contributed by atoms with van der Waals surface area (Å²) in [5.74, 6) is 0.433. The summed E-state index contributed by atoms with van der Waals surface area (Å²) in [5, 5.41) is 8.45. The van der Waals surface area contributed by atoms with Crippen LogP contribution in [0.4, 0.5) is 5.82 Å². The van der Waals surface area contributed by atoms with Crippen molar-refractivity contribution in [3.8, 4) is 16.9 Å². The molecule has 4 aromatic rings. The summed E-state index contributed by atoms with van der Waals surface area (Å²) >= 11 is 8.23. The van der Waals surface area contributed by atoms with Gasteiger partial charge in [0.05, 0.1) is 22.4 Å². The first-order chi connectivity index (χ1) is 18.5. The Balaban J connectivity index is 1.78. The molecule has 0 radical (unpaired) electrons. The number of para-hydroxylation sites is 1. The van der Waals surface area contributed by atoms with Crippen molar-refractivity contribution in [1.82, 2.24) is 15.1 Å². The van der Waals surface area contributed by atoms with Crippen molar-refractivity contribution in [3.63, 3.8) is 0 Å². The predicted molar refractivity (Wildman–Crippen MR) is 155 cm³/mol. The number of benzene rings is 3. The first-order valence-electron chi connectivity index (χ1n) is 12.7. The number of hydrogen-bond donors (Lipinski definition) is 1. The largest absolute Gasteiger partial charge is 0.352 e. The van der Waals surface area contributed by atoms with E-state index in [0.29, 0.717) is 10.8 Å². The molecule has 2 heterocycles. The number of nitrogens with zero attached hydrogens (tertiary/aromatic N) is 3. The Morgan fingerprint density at radius 2 is 1.71 bits per heavy atom. The van der Waals surface area contributed by atoms with E-state index in [-0.39, 0.29) is 35.4 Å². The van der Waals surface area contributed by atoms with Crippen molar-refractivity contribution in [1.29, 1.82) is 0 Å². The number of nitrogens with one attached hydrogen (secondary N) is 1. The number of carbonyl (C=O) groups excluding carboxylic acids is 2. The summed E-state index contributed by atoms with van der Waals surface area (Å²) in [6.07, 6.45) is 0.801. The van der Waals surface area contributed by atoms with Crippen LogP contribution in [-0.4, -0.2) is 39.9 Å². The summed E-state index contributed by atoms with van der Waals surface area (Å²) < 4.78 is 1.79. The molecule has 1 aliphatic heterocycles. The van der Waals surface area contributed by atoms with Gasteiger partial charge in [-0.2, -0.15) is 5.10 Å². The van der Waals surface area contributed by atoms with Gasteiger partial charge in [-0.3, -0.25) is 14.5 Å². The lowest BCUT2D eigenvalue weighted by molar-refractivity contribution is -0.123. The molecule has 6 nitrogen and oxygen atoms in total. The van der Waals surface area contributed by atoms with Crippen LogP contribution >= 0.6 is 23.4 Å². The Bertz CT molecular complexity index is 1440. The molecule has 3 aromatic carbocycles. The molecule has 0 saturated carbocycles. The third-order valence-corrected chi connectivity index (χ3v) is 8.23. The molecule has 1 aliphatic rings. The molecule has 2 atom stereocenters. The zero-order valence-corrected chi connectivity index (χ0v) is 22.9.